The second kappa shape index (κ2) is 11.2. The van der Waals surface area contributed by atoms with Gasteiger partial charge in [0.05, 0.1) is 0 Å². The van der Waals surface area contributed by atoms with Crippen molar-refractivity contribution in [3.8, 4) is 0 Å². The zero-order valence-electron chi connectivity index (χ0n) is 15.4. The fourth-order valence-corrected chi connectivity index (χ4v) is 1.93. The molecule has 0 unspecified atom stereocenters. The predicted octanol–water partition coefficient (Wildman–Crippen LogP) is 4.97. The lowest BCUT2D eigenvalue weighted by Gasteiger charge is -2.22. The van der Waals surface area contributed by atoms with Gasteiger partial charge < -0.3 is 10.2 Å². The molecule has 0 spiro atoms. The van der Waals surface area contributed by atoms with Gasteiger partial charge in [-0.25, -0.2) is 0 Å². The molecule has 0 rings (SSSR count). The lowest BCUT2D eigenvalue weighted by Crippen LogP contribution is -2.35. The maximum atomic E-state index is 9.80. The molecule has 4 atom stereocenters. The van der Waals surface area contributed by atoms with Crippen LogP contribution in [0.1, 0.15) is 47.5 Å². The fraction of sp³-hybridized carbons (Fsp3) is 0.524. The Morgan fingerprint density at radius 2 is 1.65 bits per heavy atom. The van der Waals surface area contributed by atoms with Gasteiger partial charge in [-0.2, -0.15) is 0 Å². The Balaban J connectivity index is 4.38. The van der Waals surface area contributed by atoms with Crippen molar-refractivity contribution in [2.45, 2.75) is 59.2 Å². The molecule has 0 aliphatic rings. The second-order valence-electron chi connectivity index (χ2n) is 6.61. The van der Waals surface area contributed by atoms with Crippen LogP contribution in [0.3, 0.4) is 0 Å². The quantitative estimate of drug-likeness (QED) is 0.441. The van der Waals surface area contributed by atoms with Crippen molar-refractivity contribution in [1.82, 2.24) is 0 Å². The van der Waals surface area contributed by atoms with Crippen molar-refractivity contribution in [3.63, 3.8) is 0 Å². The van der Waals surface area contributed by atoms with Crippen LogP contribution in [0.4, 0.5) is 0 Å². The first-order chi connectivity index (χ1) is 10.7. The molecule has 0 aliphatic heterocycles. The Morgan fingerprint density at radius 1 is 1.09 bits per heavy atom. The van der Waals surface area contributed by atoms with Crippen molar-refractivity contribution >= 4 is 0 Å². The van der Waals surface area contributed by atoms with Crippen molar-refractivity contribution in [3.05, 3.63) is 60.8 Å². The van der Waals surface area contributed by atoms with Gasteiger partial charge in [-0.15, -0.1) is 6.58 Å². The van der Waals surface area contributed by atoms with E-state index in [-0.39, 0.29) is 0 Å². The summed E-state index contributed by atoms with van der Waals surface area (Å²) in [4.78, 5) is 0. The summed E-state index contributed by atoms with van der Waals surface area (Å²) in [6.45, 7) is 13.8. The van der Waals surface area contributed by atoms with Gasteiger partial charge in [0.15, 0.2) is 0 Å². The van der Waals surface area contributed by atoms with Gasteiger partial charge in [-0.05, 0) is 32.1 Å². The Hall–Kier alpha value is -1.38. The Morgan fingerprint density at radius 3 is 2.22 bits per heavy atom. The lowest BCUT2D eigenvalue weighted by atomic mass is 9.98. The summed E-state index contributed by atoms with van der Waals surface area (Å²) in [7, 11) is 0. The van der Waals surface area contributed by atoms with E-state index in [0.29, 0.717) is 11.8 Å². The summed E-state index contributed by atoms with van der Waals surface area (Å²) in [5, 5.41) is 19.6. The van der Waals surface area contributed by atoms with Crippen LogP contribution in [-0.4, -0.2) is 21.9 Å². The minimum absolute atomic E-state index is 0.421. The highest BCUT2D eigenvalue weighted by Crippen LogP contribution is 2.14. The van der Waals surface area contributed by atoms with E-state index in [1.807, 2.05) is 6.08 Å². The number of aliphatic hydroxyl groups excluding tert-OH is 1. The number of aliphatic hydroxyl groups is 2. The summed E-state index contributed by atoms with van der Waals surface area (Å²) in [6, 6.07) is 0. The molecule has 0 aromatic rings. The third-order valence-corrected chi connectivity index (χ3v) is 3.96. The monoisotopic (exact) mass is 318 g/mol. The average Bonchev–Trinajstić information content (AvgIpc) is 2.50. The topological polar surface area (TPSA) is 40.5 Å². The molecule has 2 nitrogen and oxygen atoms in total. The molecule has 0 aromatic heterocycles. The van der Waals surface area contributed by atoms with Gasteiger partial charge >= 0.3 is 0 Å². The summed E-state index contributed by atoms with van der Waals surface area (Å²) in [6.07, 6.45) is 16.5. The van der Waals surface area contributed by atoms with E-state index in [4.69, 9.17) is 0 Å². The summed E-state index contributed by atoms with van der Waals surface area (Å²) >= 11 is 0. The van der Waals surface area contributed by atoms with Gasteiger partial charge in [0.25, 0.3) is 0 Å². The van der Waals surface area contributed by atoms with Crippen LogP contribution in [-0.2, 0) is 0 Å². The third kappa shape index (κ3) is 10.1. The molecule has 130 valence electrons. The summed E-state index contributed by atoms with van der Waals surface area (Å²) in [5.41, 5.74) is 0.0531. The summed E-state index contributed by atoms with van der Waals surface area (Å²) < 4.78 is 0. The standard InChI is InChI=1S/C21H34O2/c1-7-17(3)13-11-14-19(5)16-18(4)12-9-10-15-20(22)21(6,23)8-2/h8-15,17-18,20,22-23H,2,7,16H2,1,3-6H3/b12-9+,13-11+,15-10+,19-14+/t17-,18-,20+,21-/m0/s1. The minimum atomic E-state index is -1.29. The average molecular weight is 319 g/mol. The third-order valence-electron chi connectivity index (χ3n) is 3.96. The Bertz CT molecular complexity index is 452. The molecule has 0 radical (unpaired) electrons. The molecule has 0 bridgehead atoms. The normalized spacial score (nSPS) is 20.0. The number of rotatable bonds is 10. The van der Waals surface area contributed by atoms with E-state index in [0.717, 1.165) is 6.42 Å². The smallest absolute Gasteiger partial charge is 0.109 e. The van der Waals surface area contributed by atoms with Crippen LogP contribution in [0.5, 0.6) is 0 Å². The van der Waals surface area contributed by atoms with E-state index in [9.17, 15) is 10.2 Å². The van der Waals surface area contributed by atoms with Crippen molar-refractivity contribution < 1.29 is 10.2 Å². The van der Waals surface area contributed by atoms with Crippen molar-refractivity contribution in [2.75, 3.05) is 0 Å². The number of hydrogen-bond donors (Lipinski definition) is 2. The molecule has 0 saturated carbocycles. The molecule has 2 N–H and O–H groups in total. The molecular weight excluding hydrogens is 284 g/mol. The SMILES string of the molecule is C=C[C@](C)(O)[C@H](O)/C=C/C=C/[C@H](C)C/C(C)=C/C=C/[C@@H](C)CC. The van der Waals surface area contributed by atoms with Crippen LogP contribution in [0.25, 0.3) is 0 Å². The van der Waals surface area contributed by atoms with Gasteiger partial charge in [0.2, 0.25) is 0 Å². The van der Waals surface area contributed by atoms with Crippen molar-refractivity contribution in [1.29, 1.82) is 0 Å². The van der Waals surface area contributed by atoms with E-state index >= 15 is 0 Å². The van der Waals surface area contributed by atoms with Gasteiger partial charge in [0, 0.05) is 0 Å². The van der Waals surface area contributed by atoms with Gasteiger partial charge in [0.1, 0.15) is 11.7 Å². The molecule has 0 fully saturated rings. The van der Waals surface area contributed by atoms with Gasteiger partial charge in [-0.3, -0.25) is 0 Å². The van der Waals surface area contributed by atoms with Crippen LogP contribution < -0.4 is 0 Å². The maximum Gasteiger partial charge on any atom is 0.109 e. The first-order valence-electron chi connectivity index (χ1n) is 8.45. The molecule has 0 saturated heterocycles. The second-order valence-corrected chi connectivity index (χ2v) is 6.61. The lowest BCUT2D eigenvalue weighted by molar-refractivity contribution is 0.000915. The molecular formula is C21H34O2. The van der Waals surface area contributed by atoms with Crippen LogP contribution >= 0.6 is 0 Å². The molecule has 0 aliphatic carbocycles. The minimum Gasteiger partial charge on any atom is -0.386 e. The molecule has 23 heavy (non-hydrogen) atoms. The highest BCUT2D eigenvalue weighted by molar-refractivity contribution is 5.15. The largest absolute Gasteiger partial charge is 0.386 e. The predicted molar refractivity (Wildman–Crippen MR) is 101 cm³/mol. The number of allylic oxidation sites excluding steroid dienone is 7. The van der Waals surface area contributed by atoms with E-state index in [1.54, 1.807) is 12.2 Å². The maximum absolute atomic E-state index is 9.80. The zero-order chi connectivity index (χ0) is 17.9. The van der Waals surface area contributed by atoms with Crippen LogP contribution in [0.2, 0.25) is 0 Å². The zero-order valence-corrected chi connectivity index (χ0v) is 15.4. The van der Waals surface area contributed by atoms with Crippen LogP contribution in [0, 0.1) is 11.8 Å². The molecule has 0 heterocycles. The first-order valence-corrected chi connectivity index (χ1v) is 8.45. The Labute approximate surface area is 142 Å². The summed E-state index contributed by atoms with van der Waals surface area (Å²) in [5.74, 6) is 1.05. The highest BCUT2D eigenvalue weighted by atomic mass is 16.3. The van der Waals surface area contributed by atoms with E-state index < -0.39 is 11.7 Å². The number of hydrogen-bond acceptors (Lipinski definition) is 2. The molecule has 2 heteroatoms. The molecule has 0 amide bonds. The highest BCUT2D eigenvalue weighted by Gasteiger charge is 2.23. The van der Waals surface area contributed by atoms with Crippen molar-refractivity contribution in [2.24, 2.45) is 11.8 Å². The van der Waals surface area contributed by atoms with Gasteiger partial charge in [-0.1, -0.05) is 81.4 Å². The van der Waals surface area contributed by atoms with E-state index in [1.165, 1.54) is 25.0 Å². The van der Waals surface area contributed by atoms with E-state index in [2.05, 4.69) is 58.6 Å². The Kier molecular flexibility index (Phi) is 10.5. The fourth-order valence-electron chi connectivity index (χ4n) is 1.93. The van der Waals surface area contributed by atoms with Crippen LogP contribution in [0.15, 0.2) is 60.8 Å². The first kappa shape index (κ1) is 21.6. The molecule has 0 aromatic carbocycles.